The second-order valence-electron chi connectivity index (χ2n) is 9.27. The van der Waals surface area contributed by atoms with Crippen LogP contribution in [0, 0.1) is 0 Å². The molecule has 1 aromatic heterocycles. The van der Waals surface area contributed by atoms with Gasteiger partial charge in [-0.25, -0.2) is 0 Å². The fraction of sp³-hybridized carbons (Fsp3) is 0.233. The maximum atomic E-state index is 13.8. The molecule has 0 atom stereocenters. The van der Waals surface area contributed by atoms with Crippen LogP contribution in [0.25, 0.3) is 11.3 Å². The molecule has 4 aromatic rings. The van der Waals surface area contributed by atoms with E-state index in [4.69, 9.17) is 14.2 Å². The lowest BCUT2D eigenvalue weighted by molar-refractivity contribution is -0.132. The minimum absolute atomic E-state index is 0.0967. The summed E-state index contributed by atoms with van der Waals surface area (Å²) in [6, 6.07) is 25.1. The summed E-state index contributed by atoms with van der Waals surface area (Å²) in [5.41, 5.74) is 3.34. The maximum Gasteiger partial charge on any atom is 0.234 e. The van der Waals surface area contributed by atoms with E-state index in [1.807, 2.05) is 83.8 Å². The smallest absolute Gasteiger partial charge is 0.234 e. The van der Waals surface area contributed by atoms with Crippen molar-refractivity contribution in [3.63, 3.8) is 0 Å². The van der Waals surface area contributed by atoms with Gasteiger partial charge in [-0.05, 0) is 42.5 Å². The second-order valence-corrected chi connectivity index (χ2v) is 9.27. The van der Waals surface area contributed by atoms with Crippen LogP contribution in [-0.4, -0.2) is 61.4 Å². The molecule has 8 heteroatoms. The predicted molar refractivity (Wildman–Crippen MR) is 144 cm³/mol. The molecule has 38 heavy (non-hydrogen) atoms. The largest absolute Gasteiger partial charge is 0.497 e. The highest BCUT2D eigenvalue weighted by atomic mass is 16.5. The maximum absolute atomic E-state index is 13.8. The SMILES string of the molecule is COc1ccc(OC)c(-c2ccc(N3CCN(C(=O)C4c5ccccc5Oc5ccccc54)CC3)nn2)c1. The molecule has 2 aliphatic rings. The van der Waals surface area contributed by atoms with Crippen molar-refractivity contribution in [3.05, 3.63) is 90.0 Å². The third-order valence-corrected chi connectivity index (χ3v) is 7.18. The van der Waals surface area contributed by atoms with Gasteiger partial charge in [-0.3, -0.25) is 4.79 Å². The Morgan fingerprint density at radius 2 is 1.50 bits per heavy atom. The first-order valence-electron chi connectivity index (χ1n) is 12.6. The average Bonchev–Trinajstić information content (AvgIpc) is 2.99. The summed E-state index contributed by atoms with van der Waals surface area (Å²) < 4.78 is 16.9. The van der Waals surface area contributed by atoms with Crippen LogP contribution in [0.5, 0.6) is 23.0 Å². The highest BCUT2D eigenvalue weighted by molar-refractivity contribution is 5.90. The van der Waals surface area contributed by atoms with Gasteiger partial charge in [0.1, 0.15) is 23.0 Å². The average molecular weight is 509 g/mol. The number of fused-ring (bicyclic) bond motifs is 2. The van der Waals surface area contributed by atoms with Crippen molar-refractivity contribution in [2.75, 3.05) is 45.3 Å². The number of rotatable bonds is 5. The number of aromatic nitrogens is 2. The molecule has 0 spiro atoms. The standard InChI is InChI=1S/C30H28N4O4/c1-36-20-11-13-25(37-2)23(19-20)24-12-14-28(32-31-24)33-15-17-34(18-16-33)30(35)29-21-7-3-5-9-26(21)38-27-10-6-4-8-22(27)29/h3-14,19,29H,15-18H2,1-2H3. The highest BCUT2D eigenvalue weighted by Crippen LogP contribution is 2.44. The van der Waals surface area contributed by atoms with Gasteiger partial charge in [-0.2, -0.15) is 0 Å². The molecular formula is C30H28N4O4. The van der Waals surface area contributed by atoms with Crippen LogP contribution < -0.4 is 19.1 Å². The van der Waals surface area contributed by atoms with Crippen LogP contribution in [0.2, 0.25) is 0 Å². The van der Waals surface area contributed by atoms with Crippen LogP contribution in [0.15, 0.2) is 78.9 Å². The lowest BCUT2D eigenvalue weighted by atomic mass is 9.86. The third kappa shape index (κ3) is 4.28. The normalized spacial score (nSPS) is 14.8. The molecule has 8 nitrogen and oxygen atoms in total. The summed E-state index contributed by atoms with van der Waals surface area (Å²) >= 11 is 0. The quantitative estimate of drug-likeness (QED) is 0.385. The van der Waals surface area contributed by atoms with Gasteiger partial charge < -0.3 is 24.0 Å². The van der Waals surface area contributed by atoms with Crippen molar-refractivity contribution in [1.29, 1.82) is 0 Å². The summed E-state index contributed by atoms with van der Waals surface area (Å²) in [6.45, 7) is 2.56. The third-order valence-electron chi connectivity index (χ3n) is 7.18. The van der Waals surface area contributed by atoms with Crippen LogP contribution in [0.4, 0.5) is 5.82 Å². The number of carbonyl (C=O) groups excluding carboxylic acids is 1. The predicted octanol–water partition coefficient (Wildman–Crippen LogP) is 4.75. The molecule has 0 unspecified atom stereocenters. The van der Waals surface area contributed by atoms with Gasteiger partial charge in [0.2, 0.25) is 5.91 Å². The summed E-state index contributed by atoms with van der Waals surface area (Å²) in [7, 11) is 3.26. The molecule has 0 saturated carbocycles. The Kier molecular flexibility index (Phi) is 6.29. The number of carbonyl (C=O) groups is 1. The number of hydrogen-bond acceptors (Lipinski definition) is 7. The molecule has 0 N–H and O–H groups in total. The van der Waals surface area contributed by atoms with Crippen LogP contribution in [-0.2, 0) is 4.79 Å². The topological polar surface area (TPSA) is 77.0 Å². The molecule has 0 aliphatic carbocycles. The molecular weight excluding hydrogens is 480 g/mol. The van der Waals surface area contributed by atoms with Crippen LogP contribution in [0.3, 0.4) is 0 Å². The van der Waals surface area contributed by atoms with Crippen molar-refractivity contribution >= 4 is 11.7 Å². The summed E-state index contributed by atoms with van der Waals surface area (Å²) in [4.78, 5) is 17.9. The molecule has 192 valence electrons. The molecule has 3 heterocycles. The summed E-state index contributed by atoms with van der Waals surface area (Å²) in [5.74, 6) is 3.42. The molecule has 3 aromatic carbocycles. The summed E-state index contributed by atoms with van der Waals surface area (Å²) in [5, 5.41) is 8.95. The molecule has 1 fully saturated rings. The Bertz CT molecular complexity index is 1420. The Hall–Kier alpha value is -4.59. The molecule has 6 rings (SSSR count). The van der Waals surface area contributed by atoms with E-state index in [1.54, 1.807) is 14.2 Å². The zero-order valence-electron chi connectivity index (χ0n) is 21.3. The number of benzene rings is 3. The Morgan fingerprint density at radius 1 is 0.816 bits per heavy atom. The van der Waals surface area contributed by atoms with Crippen molar-refractivity contribution < 1.29 is 19.0 Å². The van der Waals surface area contributed by atoms with Crippen molar-refractivity contribution in [2.45, 2.75) is 5.92 Å². The van der Waals surface area contributed by atoms with Gasteiger partial charge >= 0.3 is 0 Å². The van der Waals surface area contributed by atoms with Gasteiger partial charge in [0.05, 0.1) is 25.8 Å². The van der Waals surface area contributed by atoms with Gasteiger partial charge in [0.25, 0.3) is 0 Å². The monoisotopic (exact) mass is 508 g/mol. The Morgan fingerprint density at radius 3 is 2.11 bits per heavy atom. The van der Waals surface area contributed by atoms with E-state index in [9.17, 15) is 4.79 Å². The second kappa shape index (κ2) is 10.0. The fourth-order valence-electron chi connectivity index (χ4n) is 5.17. The molecule has 1 saturated heterocycles. The minimum Gasteiger partial charge on any atom is -0.497 e. The van der Waals surface area contributed by atoms with Crippen molar-refractivity contribution in [2.24, 2.45) is 0 Å². The molecule has 0 bridgehead atoms. The van der Waals surface area contributed by atoms with E-state index >= 15 is 0 Å². The minimum atomic E-state index is -0.375. The van der Waals surface area contributed by atoms with E-state index in [0.29, 0.717) is 37.6 Å². The number of nitrogens with zero attached hydrogens (tertiary/aromatic N) is 4. The van der Waals surface area contributed by atoms with Gasteiger partial charge in [-0.1, -0.05) is 36.4 Å². The van der Waals surface area contributed by atoms with Crippen molar-refractivity contribution in [1.82, 2.24) is 15.1 Å². The van der Waals surface area contributed by atoms with E-state index in [0.717, 1.165) is 39.8 Å². The number of ether oxygens (including phenoxy) is 3. The van der Waals surface area contributed by atoms with Gasteiger partial charge in [0, 0.05) is 42.9 Å². The summed E-state index contributed by atoms with van der Waals surface area (Å²) in [6.07, 6.45) is 0. The highest BCUT2D eigenvalue weighted by Gasteiger charge is 2.36. The van der Waals surface area contributed by atoms with Gasteiger partial charge in [0.15, 0.2) is 5.82 Å². The number of amides is 1. The molecule has 1 amide bonds. The number of methoxy groups -OCH3 is 2. The number of hydrogen-bond donors (Lipinski definition) is 0. The molecule has 2 aliphatic heterocycles. The van der Waals surface area contributed by atoms with E-state index in [2.05, 4.69) is 15.1 Å². The first-order chi connectivity index (χ1) is 18.7. The van der Waals surface area contributed by atoms with Crippen molar-refractivity contribution in [3.8, 4) is 34.3 Å². The zero-order chi connectivity index (χ0) is 26.1. The first-order valence-corrected chi connectivity index (χ1v) is 12.6. The zero-order valence-corrected chi connectivity index (χ0v) is 21.3. The number of para-hydroxylation sites is 2. The van der Waals surface area contributed by atoms with E-state index < -0.39 is 0 Å². The van der Waals surface area contributed by atoms with Crippen LogP contribution >= 0.6 is 0 Å². The first kappa shape index (κ1) is 23.8. The van der Waals surface area contributed by atoms with Crippen LogP contribution in [0.1, 0.15) is 17.0 Å². The Balaban J connectivity index is 1.17. The van der Waals surface area contributed by atoms with E-state index in [-0.39, 0.29) is 11.8 Å². The lowest BCUT2D eigenvalue weighted by Crippen LogP contribution is -2.50. The molecule has 0 radical (unpaired) electrons. The Labute approximate surface area is 221 Å². The number of piperazine rings is 1. The number of anilines is 1. The van der Waals surface area contributed by atoms with E-state index in [1.165, 1.54) is 0 Å². The lowest BCUT2D eigenvalue weighted by Gasteiger charge is -2.38. The van der Waals surface area contributed by atoms with Gasteiger partial charge in [-0.15, -0.1) is 10.2 Å². The fourth-order valence-corrected chi connectivity index (χ4v) is 5.17.